The van der Waals surface area contributed by atoms with Crippen molar-refractivity contribution in [3.05, 3.63) is 71.8 Å². The van der Waals surface area contributed by atoms with E-state index in [4.69, 9.17) is 4.74 Å². The average Bonchev–Trinajstić information content (AvgIpc) is 2.73. The van der Waals surface area contributed by atoms with E-state index in [2.05, 4.69) is 0 Å². The molecule has 3 aromatic rings. The van der Waals surface area contributed by atoms with Crippen LogP contribution >= 0.6 is 0 Å². The quantitative estimate of drug-likeness (QED) is 0.527. The van der Waals surface area contributed by atoms with Gasteiger partial charge in [0.1, 0.15) is 0 Å². The molecule has 0 saturated carbocycles. The summed E-state index contributed by atoms with van der Waals surface area (Å²) in [5.41, 5.74) is 2.77. The van der Waals surface area contributed by atoms with Gasteiger partial charge >= 0.3 is 13.1 Å². The number of hydrogen-bond donors (Lipinski definition) is 2. The number of anilines is 1. The third kappa shape index (κ3) is 4.53. The molecule has 3 aromatic carbocycles. The Hall–Kier alpha value is -2.83. The van der Waals surface area contributed by atoms with Crippen LogP contribution < -0.4 is 10.4 Å². The number of hydrogen-bond acceptors (Lipinski definition) is 5. The van der Waals surface area contributed by atoms with E-state index in [1.54, 1.807) is 18.2 Å². The van der Waals surface area contributed by atoms with Crippen molar-refractivity contribution >= 4 is 35.0 Å². The first-order chi connectivity index (χ1) is 13.5. The summed E-state index contributed by atoms with van der Waals surface area (Å²) in [6, 6.07) is 18.5. The fraction of sp³-hybridized carbons (Fsp3) is 0.227. The highest BCUT2D eigenvalue weighted by atomic mass is 16.5. The largest absolute Gasteiger partial charge is 0.488 e. The van der Waals surface area contributed by atoms with Crippen molar-refractivity contribution in [2.24, 2.45) is 0 Å². The Labute approximate surface area is 166 Å². The summed E-state index contributed by atoms with van der Waals surface area (Å²) in [6.07, 6.45) is 0. The molecule has 0 radical (unpaired) electrons. The minimum Gasteiger partial charge on any atom is -0.465 e. The predicted octanol–water partition coefficient (Wildman–Crippen LogP) is 2.97. The van der Waals surface area contributed by atoms with Gasteiger partial charge in [-0.3, -0.25) is 0 Å². The minimum atomic E-state index is -1.52. The van der Waals surface area contributed by atoms with Gasteiger partial charge in [-0.05, 0) is 28.5 Å². The number of fused-ring (bicyclic) bond motifs is 1. The lowest BCUT2D eigenvalue weighted by Gasteiger charge is -2.23. The molecule has 0 atom stereocenters. The Bertz CT molecular complexity index is 943. The number of carbonyl (C=O) groups excluding carboxylic acids is 1. The van der Waals surface area contributed by atoms with Gasteiger partial charge in [0.05, 0.1) is 12.7 Å². The molecular formula is C22H26BNO4. The van der Waals surface area contributed by atoms with Gasteiger partial charge in [0.2, 0.25) is 0 Å². The van der Waals surface area contributed by atoms with Gasteiger partial charge in [0.25, 0.3) is 0 Å². The number of carbonyl (C=O) groups is 1. The molecule has 0 aromatic heterocycles. The van der Waals surface area contributed by atoms with Crippen molar-refractivity contribution in [3.63, 3.8) is 0 Å². The van der Waals surface area contributed by atoms with Crippen molar-refractivity contribution in [2.75, 3.05) is 19.1 Å². The Morgan fingerprint density at radius 1 is 0.964 bits per heavy atom. The van der Waals surface area contributed by atoms with Crippen LogP contribution in [-0.2, 0) is 11.3 Å². The van der Waals surface area contributed by atoms with E-state index in [0.717, 1.165) is 22.0 Å². The summed E-state index contributed by atoms with van der Waals surface area (Å²) in [7, 11) is 1.78. The van der Waals surface area contributed by atoms with Crippen molar-refractivity contribution in [1.82, 2.24) is 0 Å². The number of nitrogens with zero attached hydrogens (tertiary/aromatic N) is 1. The van der Waals surface area contributed by atoms with Gasteiger partial charge in [-0.25, -0.2) is 4.79 Å². The van der Waals surface area contributed by atoms with Crippen molar-refractivity contribution in [3.8, 4) is 0 Å². The molecule has 5 nitrogen and oxygen atoms in total. The molecule has 0 aliphatic heterocycles. The highest BCUT2D eigenvalue weighted by Gasteiger charge is 2.18. The number of esters is 1. The van der Waals surface area contributed by atoms with E-state index in [-0.39, 0.29) is 5.97 Å². The zero-order chi connectivity index (χ0) is 20.7. The molecule has 3 rings (SSSR count). The third-order valence-electron chi connectivity index (χ3n) is 4.46. The summed E-state index contributed by atoms with van der Waals surface area (Å²) < 4.78 is 4.87. The van der Waals surface area contributed by atoms with Crippen LogP contribution in [-0.4, -0.2) is 37.3 Å². The fourth-order valence-corrected chi connectivity index (χ4v) is 3.18. The zero-order valence-corrected chi connectivity index (χ0v) is 16.7. The molecule has 28 heavy (non-hydrogen) atoms. The molecular weight excluding hydrogens is 353 g/mol. The van der Waals surface area contributed by atoms with Gasteiger partial charge in [-0.15, -0.1) is 0 Å². The molecule has 0 aliphatic rings. The predicted molar refractivity (Wildman–Crippen MR) is 115 cm³/mol. The van der Waals surface area contributed by atoms with Crippen molar-refractivity contribution < 1.29 is 19.6 Å². The summed E-state index contributed by atoms with van der Waals surface area (Å²) in [6.45, 7) is 4.50. The van der Waals surface area contributed by atoms with E-state index in [1.165, 1.54) is 7.11 Å². The van der Waals surface area contributed by atoms with Crippen LogP contribution in [0.1, 0.15) is 29.8 Å². The Morgan fingerprint density at radius 2 is 1.61 bits per heavy atom. The lowest BCUT2D eigenvalue weighted by atomic mass is 9.77. The number of ether oxygens (including phenoxy) is 1. The molecule has 0 amide bonds. The normalized spacial score (nSPS) is 10.1. The van der Waals surface area contributed by atoms with Crippen LogP contribution in [0, 0.1) is 0 Å². The summed E-state index contributed by atoms with van der Waals surface area (Å²) >= 11 is 0. The van der Waals surface area contributed by atoms with Crippen molar-refractivity contribution in [2.45, 2.75) is 20.4 Å². The van der Waals surface area contributed by atoms with Gasteiger partial charge in [-0.1, -0.05) is 62.4 Å². The smallest absolute Gasteiger partial charge is 0.465 e. The maximum Gasteiger partial charge on any atom is 0.488 e. The molecule has 2 N–H and O–H groups in total. The fourth-order valence-electron chi connectivity index (χ4n) is 3.18. The lowest BCUT2D eigenvalue weighted by molar-refractivity contribution is 0.0603. The molecule has 6 heteroatoms. The highest BCUT2D eigenvalue weighted by molar-refractivity contribution is 6.59. The van der Waals surface area contributed by atoms with E-state index < -0.39 is 7.12 Å². The minimum absolute atomic E-state index is 0.371. The van der Waals surface area contributed by atoms with E-state index in [0.29, 0.717) is 17.6 Å². The molecule has 0 saturated heterocycles. The second-order valence-electron chi connectivity index (χ2n) is 6.10. The second-order valence-corrected chi connectivity index (χ2v) is 6.10. The number of rotatable bonds is 5. The van der Waals surface area contributed by atoms with Crippen LogP contribution in [0.2, 0.25) is 0 Å². The SMILES string of the molecule is CC.COC(=O)c1cccc2c(N(C)Cc3ccccc3B(O)O)cccc12. The van der Waals surface area contributed by atoms with Crippen LogP contribution in [0.5, 0.6) is 0 Å². The summed E-state index contributed by atoms with van der Waals surface area (Å²) in [4.78, 5) is 14.0. The molecule has 0 unspecified atom stereocenters. The standard InChI is InChI=1S/C20H20BNO4.C2H6/c1-22(13-14-7-3-4-11-18(14)21(24)25)19-12-6-8-15-16(19)9-5-10-17(15)20(23)26-2;1-2/h3-12,24-25H,13H2,1-2H3;1-2H3. The summed E-state index contributed by atoms with van der Waals surface area (Å²) in [5.74, 6) is -0.371. The van der Waals surface area contributed by atoms with E-state index in [9.17, 15) is 14.8 Å². The maximum atomic E-state index is 12.0. The molecule has 0 aliphatic carbocycles. The Balaban J connectivity index is 0.00000136. The second kappa shape index (κ2) is 9.92. The van der Waals surface area contributed by atoms with Crippen LogP contribution in [0.25, 0.3) is 10.8 Å². The monoisotopic (exact) mass is 379 g/mol. The molecule has 0 spiro atoms. The van der Waals surface area contributed by atoms with Crippen LogP contribution in [0.4, 0.5) is 5.69 Å². The first kappa shape index (κ1) is 21.5. The summed E-state index contributed by atoms with van der Waals surface area (Å²) in [5, 5.41) is 20.9. The van der Waals surface area contributed by atoms with Gasteiger partial charge < -0.3 is 19.7 Å². The van der Waals surface area contributed by atoms with Crippen molar-refractivity contribution in [1.29, 1.82) is 0 Å². The zero-order valence-electron chi connectivity index (χ0n) is 16.7. The molecule has 146 valence electrons. The van der Waals surface area contributed by atoms with Gasteiger partial charge in [0.15, 0.2) is 0 Å². The number of benzene rings is 3. The lowest BCUT2D eigenvalue weighted by Crippen LogP contribution is -2.35. The first-order valence-corrected chi connectivity index (χ1v) is 9.28. The van der Waals surface area contributed by atoms with E-state index >= 15 is 0 Å². The maximum absolute atomic E-state index is 12.0. The van der Waals surface area contributed by atoms with Gasteiger partial charge in [-0.2, -0.15) is 0 Å². The van der Waals surface area contributed by atoms with Crippen LogP contribution in [0.15, 0.2) is 60.7 Å². The molecule has 0 heterocycles. The highest BCUT2D eigenvalue weighted by Crippen LogP contribution is 2.29. The Morgan fingerprint density at radius 3 is 2.29 bits per heavy atom. The average molecular weight is 379 g/mol. The van der Waals surface area contributed by atoms with E-state index in [1.807, 2.05) is 68.3 Å². The molecule has 0 bridgehead atoms. The first-order valence-electron chi connectivity index (χ1n) is 9.28. The molecule has 0 fully saturated rings. The number of methoxy groups -OCH3 is 1. The Kier molecular flexibility index (Phi) is 7.61. The van der Waals surface area contributed by atoms with Gasteiger partial charge in [0, 0.05) is 24.7 Å². The van der Waals surface area contributed by atoms with Crippen LogP contribution in [0.3, 0.4) is 0 Å². The third-order valence-corrected chi connectivity index (χ3v) is 4.46. The topological polar surface area (TPSA) is 70.0 Å².